The van der Waals surface area contributed by atoms with Crippen molar-refractivity contribution < 1.29 is 10.2 Å². The molecule has 0 bridgehead atoms. The van der Waals surface area contributed by atoms with Gasteiger partial charge in [0.1, 0.15) is 0 Å². The lowest BCUT2D eigenvalue weighted by Crippen LogP contribution is -2.50. The molecular formula is C31H32N2O2. The van der Waals surface area contributed by atoms with Crippen molar-refractivity contribution in [3.63, 3.8) is 0 Å². The molecule has 178 valence electrons. The van der Waals surface area contributed by atoms with E-state index < -0.39 is 11.6 Å². The molecule has 4 N–H and O–H groups in total. The molecule has 2 heterocycles. The summed E-state index contributed by atoms with van der Waals surface area (Å²) in [5, 5.41) is 25.6. The minimum absolute atomic E-state index is 0.0168. The number of aromatic nitrogens is 1. The Hall–Kier alpha value is -3.52. The largest absolute Gasteiger partial charge is 0.392 e. The summed E-state index contributed by atoms with van der Waals surface area (Å²) in [4.78, 5) is 3.46. The monoisotopic (exact) mass is 464 g/mol. The first-order chi connectivity index (χ1) is 16.7. The Morgan fingerprint density at radius 3 is 2.51 bits per heavy atom. The number of anilines is 1. The molecular weight excluding hydrogens is 432 g/mol. The Morgan fingerprint density at radius 2 is 1.74 bits per heavy atom. The first-order valence-corrected chi connectivity index (χ1v) is 12.1. The van der Waals surface area contributed by atoms with E-state index in [0.717, 1.165) is 50.1 Å². The number of aliphatic hydroxyl groups is 2. The Kier molecular flexibility index (Phi) is 5.71. The molecule has 4 heteroatoms. The lowest BCUT2D eigenvalue weighted by atomic mass is 9.75. The molecule has 1 aromatic heterocycles. The van der Waals surface area contributed by atoms with Crippen LogP contribution in [0.1, 0.15) is 60.1 Å². The molecule has 0 fully saturated rings. The van der Waals surface area contributed by atoms with Gasteiger partial charge in [0.15, 0.2) is 0 Å². The molecule has 1 aliphatic heterocycles. The van der Waals surface area contributed by atoms with Crippen molar-refractivity contribution in [1.82, 2.24) is 4.98 Å². The molecule has 3 aromatic carbocycles. The number of H-pyrrole nitrogens is 1. The molecule has 0 radical (unpaired) electrons. The van der Waals surface area contributed by atoms with Gasteiger partial charge in [-0.05, 0) is 68.1 Å². The first kappa shape index (κ1) is 23.2. The number of hydrogen-bond acceptors (Lipinski definition) is 3. The molecule has 0 spiro atoms. The average molecular weight is 465 g/mol. The topological polar surface area (TPSA) is 68.3 Å². The second-order valence-corrected chi connectivity index (χ2v) is 10.3. The molecule has 35 heavy (non-hydrogen) atoms. The van der Waals surface area contributed by atoms with Gasteiger partial charge in [-0.2, -0.15) is 0 Å². The van der Waals surface area contributed by atoms with Crippen LogP contribution < -0.4 is 5.32 Å². The van der Waals surface area contributed by atoms with Gasteiger partial charge in [-0.3, -0.25) is 0 Å². The highest BCUT2D eigenvalue weighted by Gasteiger charge is 2.40. The maximum atomic E-state index is 11.2. The third-order valence-corrected chi connectivity index (χ3v) is 7.33. The predicted octanol–water partition coefficient (Wildman–Crippen LogP) is 6.01. The zero-order valence-corrected chi connectivity index (χ0v) is 21.0. The quantitative estimate of drug-likeness (QED) is 0.275. The number of fused-ring (bicyclic) bond motifs is 2. The van der Waals surface area contributed by atoms with Gasteiger partial charge in [0, 0.05) is 45.4 Å². The van der Waals surface area contributed by atoms with Gasteiger partial charge in [-0.25, -0.2) is 0 Å². The van der Waals surface area contributed by atoms with Crippen LogP contribution in [0.25, 0.3) is 22.0 Å². The summed E-state index contributed by atoms with van der Waals surface area (Å²) in [5.41, 5.74) is 9.85. The van der Waals surface area contributed by atoms with Crippen LogP contribution >= 0.6 is 0 Å². The van der Waals surface area contributed by atoms with Gasteiger partial charge < -0.3 is 20.5 Å². The molecule has 0 amide bonds. The highest BCUT2D eigenvalue weighted by molar-refractivity contribution is 5.98. The minimum Gasteiger partial charge on any atom is -0.392 e. The fraction of sp³-hybridized carbons (Fsp3) is 0.290. The van der Waals surface area contributed by atoms with E-state index in [1.807, 2.05) is 44.3 Å². The van der Waals surface area contributed by atoms with Crippen LogP contribution in [0.15, 0.2) is 54.7 Å². The van der Waals surface area contributed by atoms with E-state index in [-0.39, 0.29) is 12.5 Å². The predicted molar refractivity (Wildman–Crippen MR) is 144 cm³/mol. The van der Waals surface area contributed by atoms with E-state index >= 15 is 0 Å². The van der Waals surface area contributed by atoms with E-state index in [1.54, 1.807) is 0 Å². The second-order valence-electron chi connectivity index (χ2n) is 10.3. The van der Waals surface area contributed by atoms with E-state index in [0.29, 0.717) is 0 Å². The lowest BCUT2D eigenvalue weighted by Gasteiger charge is -2.43. The standard InChI is InChI=1S/C31H32N2O2/c1-18-14-26(25-11-7-10-23-19(2)16-32-29(23)25)24(13-12-21-8-6-9-22(15-21)17-34)27-20(3)30(35)31(4,5)33-28(18)27/h6-11,14-16,20,30,32-35H,17H2,1-5H3/t20-,30?/m0/s1. The van der Waals surface area contributed by atoms with Crippen molar-refractivity contribution in [2.24, 2.45) is 0 Å². The van der Waals surface area contributed by atoms with E-state index in [4.69, 9.17) is 0 Å². The minimum atomic E-state index is -0.563. The van der Waals surface area contributed by atoms with Crippen LogP contribution in [0.2, 0.25) is 0 Å². The summed E-state index contributed by atoms with van der Waals surface area (Å²) in [5.74, 6) is 6.73. The summed E-state index contributed by atoms with van der Waals surface area (Å²) >= 11 is 0. The average Bonchev–Trinajstić information content (AvgIpc) is 3.23. The number of rotatable bonds is 2. The molecule has 1 unspecified atom stereocenters. The molecule has 0 aliphatic carbocycles. The zero-order chi connectivity index (χ0) is 24.9. The van der Waals surface area contributed by atoms with Crippen molar-refractivity contribution in [2.45, 2.75) is 58.8 Å². The summed E-state index contributed by atoms with van der Waals surface area (Å²) < 4.78 is 0. The summed E-state index contributed by atoms with van der Waals surface area (Å²) in [6.07, 6.45) is 1.48. The van der Waals surface area contributed by atoms with Crippen LogP contribution in [0, 0.1) is 25.7 Å². The van der Waals surface area contributed by atoms with E-state index in [9.17, 15) is 10.2 Å². The first-order valence-electron chi connectivity index (χ1n) is 12.1. The molecule has 0 saturated heterocycles. The number of benzene rings is 3. The third-order valence-electron chi connectivity index (χ3n) is 7.33. The number of nitrogens with one attached hydrogen (secondary N) is 2. The van der Waals surface area contributed by atoms with Gasteiger partial charge in [0.2, 0.25) is 0 Å². The van der Waals surface area contributed by atoms with Crippen LogP contribution in [-0.2, 0) is 6.61 Å². The van der Waals surface area contributed by atoms with Crippen molar-refractivity contribution >= 4 is 16.6 Å². The van der Waals surface area contributed by atoms with E-state index in [2.05, 4.69) is 67.2 Å². The third kappa shape index (κ3) is 3.91. The summed E-state index contributed by atoms with van der Waals surface area (Å²) in [6, 6.07) is 16.3. The maximum absolute atomic E-state index is 11.2. The van der Waals surface area contributed by atoms with Gasteiger partial charge in [0.25, 0.3) is 0 Å². The van der Waals surface area contributed by atoms with Crippen molar-refractivity contribution in [3.8, 4) is 23.0 Å². The fourth-order valence-corrected chi connectivity index (χ4v) is 5.39. The number of aliphatic hydroxyl groups excluding tert-OH is 2. The lowest BCUT2D eigenvalue weighted by molar-refractivity contribution is 0.0868. The molecule has 5 rings (SSSR count). The van der Waals surface area contributed by atoms with Crippen LogP contribution in [0.3, 0.4) is 0 Å². The molecule has 0 saturated carbocycles. The Labute approximate surface area is 207 Å². The SMILES string of the molecule is Cc1cc(-c2cccc3c(C)c[nH]c23)c(C#Cc2cccc(CO)c2)c2c1NC(C)(C)C(O)[C@H]2C. The smallest absolute Gasteiger partial charge is 0.0831 e. The highest BCUT2D eigenvalue weighted by atomic mass is 16.3. The Bertz CT molecular complexity index is 1500. The fourth-order valence-electron chi connectivity index (χ4n) is 5.39. The number of aryl methyl sites for hydroxylation is 2. The van der Waals surface area contributed by atoms with Crippen molar-refractivity contribution in [2.75, 3.05) is 5.32 Å². The highest BCUT2D eigenvalue weighted by Crippen LogP contribution is 2.46. The zero-order valence-electron chi connectivity index (χ0n) is 21.0. The molecule has 2 atom stereocenters. The summed E-state index contributed by atoms with van der Waals surface area (Å²) in [7, 11) is 0. The van der Waals surface area contributed by atoms with Crippen LogP contribution in [0.5, 0.6) is 0 Å². The normalized spacial score (nSPS) is 18.5. The Morgan fingerprint density at radius 1 is 0.971 bits per heavy atom. The number of para-hydroxylation sites is 1. The van der Waals surface area contributed by atoms with Gasteiger partial charge >= 0.3 is 0 Å². The van der Waals surface area contributed by atoms with Gasteiger partial charge in [0.05, 0.1) is 23.8 Å². The Balaban J connectivity index is 1.81. The van der Waals surface area contributed by atoms with Gasteiger partial charge in [-0.1, -0.05) is 49.1 Å². The van der Waals surface area contributed by atoms with Crippen LogP contribution in [0.4, 0.5) is 5.69 Å². The maximum Gasteiger partial charge on any atom is 0.0831 e. The summed E-state index contributed by atoms with van der Waals surface area (Å²) in [6.45, 7) is 10.4. The number of hydrogen-bond donors (Lipinski definition) is 4. The molecule has 1 aliphatic rings. The molecule has 4 aromatic rings. The molecule has 4 nitrogen and oxygen atoms in total. The van der Waals surface area contributed by atoms with E-state index in [1.165, 1.54) is 10.9 Å². The second kappa shape index (κ2) is 8.61. The number of aromatic amines is 1. The van der Waals surface area contributed by atoms with Crippen LogP contribution in [-0.4, -0.2) is 26.8 Å². The van der Waals surface area contributed by atoms with Crippen molar-refractivity contribution in [1.29, 1.82) is 0 Å². The van der Waals surface area contributed by atoms with Crippen molar-refractivity contribution in [3.05, 3.63) is 88.1 Å². The van der Waals surface area contributed by atoms with Gasteiger partial charge in [-0.15, -0.1) is 0 Å².